The highest BCUT2D eigenvalue weighted by atomic mass is 16.3. The van der Waals surface area contributed by atoms with Crippen molar-refractivity contribution in [3.63, 3.8) is 0 Å². The van der Waals surface area contributed by atoms with Crippen LogP contribution >= 0.6 is 0 Å². The number of hydrogen-bond acceptors (Lipinski definition) is 3. The van der Waals surface area contributed by atoms with Crippen LogP contribution in [-0.4, -0.2) is 29.9 Å². The molecular weight excluding hydrogens is 240 g/mol. The molecule has 0 radical (unpaired) electrons. The maximum Gasteiger partial charge on any atom is 0.223 e. The smallest absolute Gasteiger partial charge is 0.223 e. The zero-order valence-corrected chi connectivity index (χ0v) is 11.3. The molecule has 4 nitrogen and oxygen atoms in total. The standard InChI is InChI=1S/C15H22N2O2/c16-14-5-1-3-11-9-17(10-13(11)14)15(18)7-6-12-4-2-8-19-12/h2,4,8,11,13-14H,1,3,5-7,9-10,16H2. The highest BCUT2D eigenvalue weighted by Crippen LogP contribution is 2.35. The molecule has 3 atom stereocenters. The molecule has 1 saturated heterocycles. The molecule has 104 valence electrons. The van der Waals surface area contributed by atoms with Gasteiger partial charge in [0.05, 0.1) is 6.26 Å². The summed E-state index contributed by atoms with van der Waals surface area (Å²) >= 11 is 0. The van der Waals surface area contributed by atoms with E-state index in [1.54, 1.807) is 6.26 Å². The molecule has 2 aliphatic rings. The summed E-state index contributed by atoms with van der Waals surface area (Å²) in [4.78, 5) is 14.3. The normalized spacial score (nSPS) is 30.4. The lowest BCUT2D eigenvalue weighted by Crippen LogP contribution is -2.38. The SMILES string of the molecule is NC1CCCC2CN(C(=O)CCc3ccco3)CC12. The van der Waals surface area contributed by atoms with E-state index in [0.717, 1.165) is 25.3 Å². The van der Waals surface area contributed by atoms with Crippen molar-refractivity contribution in [3.05, 3.63) is 24.2 Å². The number of carbonyl (C=O) groups excluding carboxylic acids is 1. The van der Waals surface area contributed by atoms with Crippen molar-refractivity contribution >= 4 is 5.91 Å². The average molecular weight is 262 g/mol. The fourth-order valence-corrected chi connectivity index (χ4v) is 3.56. The topological polar surface area (TPSA) is 59.5 Å². The number of furan rings is 1. The van der Waals surface area contributed by atoms with Crippen LogP contribution in [0.2, 0.25) is 0 Å². The van der Waals surface area contributed by atoms with Gasteiger partial charge in [-0.2, -0.15) is 0 Å². The number of hydrogen-bond donors (Lipinski definition) is 1. The third-order valence-electron chi connectivity index (χ3n) is 4.67. The zero-order chi connectivity index (χ0) is 13.2. The van der Waals surface area contributed by atoms with E-state index in [2.05, 4.69) is 0 Å². The first-order valence-corrected chi connectivity index (χ1v) is 7.30. The van der Waals surface area contributed by atoms with Crippen molar-refractivity contribution in [2.45, 2.75) is 38.1 Å². The summed E-state index contributed by atoms with van der Waals surface area (Å²) in [5.41, 5.74) is 6.18. The number of likely N-dealkylation sites (tertiary alicyclic amines) is 1. The van der Waals surface area contributed by atoms with Crippen LogP contribution in [0.4, 0.5) is 0 Å². The van der Waals surface area contributed by atoms with Crippen LogP contribution in [-0.2, 0) is 11.2 Å². The number of aryl methyl sites for hydroxylation is 1. The van der Waals surface area contributed by atoms with Crippen molar-refractivity contribution in [1.29, 1.82) is 0 Å². The van der Waals surface area contributed by atoms with Crippen LogP contribution in [0.1, 0.15) is 31.4 Å². The maximum absolute atomic E-state index is 12.2. The second-order valence-corrected chi connectivity index (χ2v) is 5.90. The van der Waals surface area contributed by atoms with Crippen LogP contribution < -0.4 is 5.73 Å². The van der Waals surface area contributed by atoms with Gasteiger partial charge < -0.3 is 15.1 Å². The molecule has 2 fully saturated rings. The molecule has 0 aromatic carbocycles. The van der Waals surface area contributed by atoms with Gasteiger partial charge in [-0.1, -0.05) is 6.42 Å². The van der Waals surface area contributed by atoms with Crippen LogP contribution in [0.5, 0.6) is 0 Å². The Morgan fingerprint density at radius 3 is 3.05 bits per heavy atom. The molecule has 1 aliphatic carbocycles. The van der Waals surface area contributed by atoms with E-state index in [1.807, 2.05) is 17.0 Å². The van der Waals surface area contributed by atoms with Gasteiger partial charge >= 0.3 is 0 Å². The number of nitrogens with zero attached hydrogens (tertiary/aromatic N) is 1. The predicted octanol–water partition coefficient (Wildman–Crippen LogP) is 1.80. The van der Waals surface area contributed by atoms with E-state index < -0.39 is 0 Å². The molecule has 19 heavy (non-hydrogen) atoms. The Balaban J connectivity index is 1.53. The predicted molar refractivity (Wildman–Crippen MR) is 72.4 cm³/mol. The van der Waals surface area contributed by atoms with Gasteiger partial charge in [0.15, 0.2) is 0 Å². The Bertz CT molecular complexity index is 429. The Morgan fingerprint density at radius 1 is 1.42 bits per heavy atom. The van der Waals surface area contributed by atoms with E-state index in [1.165, 1.54) is 12.8 Å². The molecule has 3 rings (SSSR count). The maximum atomic E-state index is 12.2. The number of rotatable bonds is 3. The molecule has 2 N–H and O–H groups in total. The van der Waals surface area contributed by atoms with Gasteiger partial charge in [-0.05, 0) is 36.8 Å². The van der Waals surface area contributed by atoms with Gasteiger partial charge in [0, 0.05) is 32.0 Å². The van der Waals surface area contributed by atoms with E-state index >= 15 is 0 Å². The Hall–Kier alpha value is -1.29. The summed E-state index contributed by atoms with van der Waals surface area (Å²) in [7, 11) is 0. The van der Waals surface area contributed by atoms with Gasteiger partial charge in [-0.25, -0.2) is 0 Å². The minimum absolute atomic E-state index is 0.248. The quantitative estimate of drug-likeness (QED) is 0.903. The second-order valence-electron chi connectivity index (χ2n) is 5.90. The molecule has 0 spiro atoms. The summed E-state index contributed by atoms with van der Waals surface area (Å²) in [5.74, 6) is 2.30. The third-order valence-corrected chi connectivity index (χ3v) is 4.67. The van der Waals surface area contributed by atoms with Crippen LogP contribution in [0.3, 0.4) is 0 Å². The molecule has 1 amide bonds. The van der Waals surface area contributed by atoms with Gasteiger partial charge in [0.25, 0.3) is 0 Å². The van der Waals surface area contributed by atoms with E-state index in [4.69, 9.17) is 10.2 Å². The zero-order valence-electron chi connectivity index (χ0n) is 11.3. The van der Waals surface area contributed by atoms with E-state index in [9.17, 15) is 4.79 Å². The third kappa shape index (κ3) is 2.68. The Morgan fingerprint density at radius 2 is 2.32 bits per heavy atom. The molecule has 1 saturated carbocycles. The summed E-state index contributed by atoms with van der Waals surface area (Å²) in [6.45, 7) is 1.78. The van der Waals surface area contributed by atoms with Crippen LogP contribution in [0, 0.1) is 11.8 Å². The van der Waals surface area contributed by atoms with Gasteiger partial charge in [0.2, 0.25) is 5.91 Å². The van der Waals surface area contributed by atoms with Crippen molar-refractivity contribution < 1.29 is 9.21 Å². The van der Waals surface area contributed by atoms with Crippen LogP contribution in [0.15, 0.2) is 22.8 Å². The number of amides is 1. The lowest BCUT2D eigenvalue weighted by molar-refractivity contribution is -0.130. The summed E-state index contributed by atoms with van der Waals surface area (Å²) in [5, 5.41) is 0. The summed E-state index contributed by atoms with van der Waals surface area (Å²) in [6, 6.07) is 4.08. The molecule has 0 bridgehead atoms. The van der Waals surface area contributed by atoms with Gasteiger partial charge in [-0.15, -0.1) is 0 Å². The van der Waals surface area contributed by atoms with Crippen molar-refractivity contribution in [2.75, 3.05) is 13.1 Å². The molecular formula is C15H22N2O2. The highest BCUT2D eigenvalue weighted by molar-refractivity contribution is 5.76. The first-order chi connectivity index (χ1) is 9.24. The molecule has 1 aromatic rings. The minimum atomic E-state index is 0.248. The molecule has 4 heteroatoms. The van der Waals surface area contributed by atoms with Crippen molar-refractivity contribution in [1.82, 2.24) is 4.90 Å². The first kappa shape index (κ1) is 12.7. The highest BCUT2D eigenvalue weighted by Gasteiger charge is 2.40. The second kappa shape index (κ2) is 5.37. The fraction of sp³-hybridized carbons (Fsp3) is 0.667. The Labute approximate surface area is 113 Å². The number of nitrogens with two attached hydrogens (primary N) is 1. The molecule has 1 aliphatic heterocycles. The Kier molecular flexibility index (Phi) is 3.60. The van der Waals surface area contributed by atoms with E-state index in [-0.39, 0.29) is 5.91 Å². The number of carbonyl (C=O) groups is 1. The summed E-state index contributed by atoms with van der Waals surface area (Å²) < 4.78 is 5.27. The minimum Gasteiger partial charge on any atom is -0.469 e. The lowest BCUT2D eigenvalue weighted by Gasteiger charge is -2.29. The monoisotopic (exact) mass is 262 g/mol. The average Bonchev–Trinajstić information content (AvgIpc) is 3.05. The molecule has 3 unspecified atom stereocenters. The van der Waals surface area contributed by atoms with E-state index in [0.29, 0.717) is 30.7 Å². The van der Waals surface area contributed by atoms with Gasteiger partial charge in [-0.3, -0.25) is 4.79 Å². The number of fused-ring (bicyclic) bond motifs is 1. The fourth-order valence-electron chi connectivity index (χ4n) is 3.56. The molecule has 1 aromatic heterocycles. The van der Waals surface area contributed by atoms with Gasteiger partial charge in [0.1, 0.15) is 5.76 Å². The van der Waals surface area contributed by atoms with Crippen molar-refractivity contribution in [3.8, 4) is 0 Å². The lowest BCUT2D eigenvalue weighted by atomic mass is 9.78. The van der Waals surface area contributed by atoms with Crippen LogP contribution in [0.25, 0.3) is 0 Å². The van der Waals surface area contributed by atoms with Crippen molar-refractivity contribution in [2.24, 2.45) is 17.6 Å². The summed E-state index contributed by atoms with van der Waals surface area (Å²) in [6.07, 6.45) is 6.47. The largest absolute Gasteiger partial charge is 0.469 e. The molecule has 2 heterocycles. The first-order valence-electron chi connectivity index (χ1n) is 7.30.